The van der Waals surface area contributed by atoms with Crippen molar-refractivity contribution in [2.75, 3.05) is 32.8 Å². The van der Waals surface area contributed by atoms with Gasteiger partial charge in [0.25, 0.3) is 5.91 Å². The molecule has 2 aromatic rings. The molecule has 2 heterocycles. The number of carbonyl (C=O) groups excluding carboxylic acids is 1. The molecule has 25 heavy (non-hydrogen) atoms. The van der Waals surface area contributed by atoms with E-state index in [2.05, 4.69) is 10.2 Å². The van der Waals surface area contributed by atoms with Crippen molar-refractivity contribution in [2.45, 2.75) is 6.04 Å². The zero-order valence-electron chi connectivity index (χ0n) is 14.0. The van der Waals surface area contributed by atoms with Crippen LogP contribution in [0.2, 0.25) is 0 Å². The summed E-state index contributed by atoms with van der Waals surface area (Å²) in [6.07, 6.45) is 1.95. The number of hydrogen-bond donors (Lipinski definition) is 1. The summed E-state index contributed by atoms with van der Waals surface area (Å²) in [6, 6.07) is 6.86. The van der Waals surface area contributed by atoms with Crippen LogP contribution in [0.1, 0.15) is 22.1 Å². The fourth-order valence-electron chi connectivity index (χ4n) is 3.09. The van der Waals surface area contributed by atoms with Crippen molar-refractivity contribution in [3.63, 3.8) is 0 Å². The Morgan fingerprint density at radius 1 is 1.28 bits per heavy atom. The molecule has 0 unspecified atom stereocenters. The van der Waals surface area contributed by atoms with Crippen LogP contribution in [0.15, 0.2) is 36.5 Å². The summed E-state index contributed by atoms with van der Waals surface area (Å²) in [5, 5.41) is 2.77. The maximum Gasteiger partial charge on any atom is 0.254 e. The van der Waals surface area contributed by atoms with Crippen LogP contribution in [-0.2, 0) is 11.8 Å². The van der Waals surface area contributed by atoms with Gasteiger partial charge in [-0.25, -0.2) is 8.78 Å². The molecule has 1 aliphatic heterocycles. The Labute approximate surface area is 145 Å². The lowest BCUT2D eigenvalue weighted by molar-refractivity contribution is 0.0148. The minimum atomic E-state index is -0.862. The van der Waals surface area contributed by atoms with Crippen molar-refractivity contribution in [2.24, 2.45) is 7.05 Å². The Kier molecular flexibility index (Phi) is 5.45. The molecule has 5 nitrogen and oxygen atoms in total. The molecule has 0 radical (unpaired) electrons. The monoisotopic (exact) mass is 349 g/mol. The van der Waals surface area contributed by atoms with E-state index < -0.39 is 17.5 Å². The van der Waals surface area contributed by atoms with E-state index in [-0.39, 0.29) is 11.6 Å². The third-order valence-corrected chi connectivity index (χ3v) is 4.44. The van der Waals surface area contributed by atoms with Gasteiger partial charge in [-0.1, -0.05) is 0 Å². The maximum atomic E-state index is 13.8. The summed E-state index contributed by atoms with van der Waals surface area (Å²) in [4.78, 5) is 14.5. The number of nitrogens with zero attached hydrogens (tertiary/aromatic N) is 2. The Bertz CT molecular complexity index is 742. The summed E-state index contributed by atoms with van der Waals surface area (Å²) in [5.41, 5.74) is 0.899. The summed E-state index contributed by atoms with van der Waals surface area (Å²) in [5.74, 6) is -2.12. The number of halogens is 2. The summed E-state index contributed by atoms with van der Waals surface area (Å²) in [6.45, 7) is 3.13. The van der Waals surface area contributed by atoms with E-state index in [1.807, 2.05) is 29.9 Å². The second kappa shape index (κ2) is 7.76. The van der Waals surface area contributed by atoms with E-state index in [1.165, 1.54) is 0 Å². The van der Waals surface area contributed by atoms with E-state index in [0.717, 1.165) is 30.9 Å². The quantitative estimate of drug-likeness (QED) is 0.899. The Morgan fingerprint density at radius 2 is 2.04 bits per heavy atom. The largest absolute Gasteiger partial charge is 0.379 e. The van der Waals surface area contributed by atoms with Crippen LogP contribution < -0.4 is 5.32 Å². The number of benzene rings is 1. The van der Waals surface area contributed by atoms with Gasteiger partial charge < -0.3 is 14.6 Å². The molecule has 1 saturated heterocycles. The molecule has 1 atom stereocenters. The highest BCUT2D eigenvalue weighted by atomic mass is 19.1. The average Bonchev–Trinajstić information content (AvgIpc) is 3.02. The predicted molar refractivity (Wildman–Crippen MR) is 89.2 cm³/mol. The number of hydrogen-bond acceptors (Lipinski definition) is 3. The van der Waals surface area contributed by atoms with Gasteiger partial charge in [0.05, 0.1) is 24.8 Å². The number of amides is 1. The fraction of sp³-hybridized carbons (Fsp3) is 0.389. The first-order valence-electron chi connectivity index (χ1n) is 8.22. The van der Waals surface area contributed by atoms with Crippen molar-refractivity contribution in [1.29, 1.82) is 0 Å². The van der Waals surface area contributed by atoms with Crippen molar-refractivity contribution in [1.82, 2.24) is 14.8 Å². The molecule has 3 rings (SSSR count). The molecule has 134 valence electrons. The first-order valence-corrected chi connectivity index (χ1v) is 8.22. The van der Waals surface area contributed by atoms with Gasteiger partial charge in [0.1, 0.15) is 11.6 Å². The van der Waals surface area contributed by atoms with E-state index in [9.17, 15) is 13.6 Å². The highest BCUT2D eigenvalue weighted by Gasteiger charge is 2.25. The Hall–Kier alpha value is -2.25. The van der Waals surface area contributed by atoms with Crippen molar-refractivity contribution >= 4 is 5.91 Å². The van der Waals surface area contributed by atoms with E-state index in [0.29, 0.717) is 25.8 Å². The number of nitrogens with one attached hydrogen (secondary N) is 1. The molecular formula is C18H21F2N3O2. The standard InChI is InChI=1S/C18H21F2N3O2/c1-22-6-2-3-16(22)17(23-7-9-25-10-8-23)12-21-18(24)14-5-4-13(19)11-15(14)20/h2-6,11,17H,7-10,12H2,1H3,(H,21,24)/t17-/m0/s1. The Morgan fingerprint density at radius 3 is 2.68 bits per heavy atom. The third-order valence-electron chi connectivity index (χ3n) is 4.44. The first-order chi connectivity index (χ1) is 12.1. The molecule has 0 saturated carbocycles. The van der Waals surface area contributed by atoms with Gasteiger partial charge in [-0.15, -0.1) is 0 Å². The van der Waals surface area contributed by atoms with E-state index in [4.69, 9.17) is 4.74 Å². The second-order valence-electron chi connectivity index (χ2n) is 6.04. The first kappa shape index (κ1) is 17.6. The number of ether oxygens (including phenoxy) is 1. The number of morpholine rings is 1. The van der Waals surface area contributed by atoms with Gasteiger partial charge in [0, 0.05) is 44.6 Å². The lowest BCUT2D eigenvalue weighted by Gasteiger charge is -2.35. The average molecular weight is 349 g/mol. The van der Waals surface area contributed by atoms with Gasteiger partial charge in [-0.05, 0) is 24.3 Å². The van der Waals surface area contributed by atoms with Crippen LogP contribution in [0, 0.1) is 11.6 Å². The highest BCUT2D eigenvalue weighted by molar-refractivity contribution is 5.94. The number of aromatic nitrogens is 1. The lowest BCUT2D eigenvalue weighted by Crippen LogP contribution is -2.44. The number of rotatable bonds is 5. The molecule has 1 amide bonds. The lowest BCUT2D eigenvalue weighted by atomic mass is 10.1. The summed E-state index contributed by atoms with van der Waals surface area (Å²) in [7, 11) is 1.95. The van der Waals surface area contributed by atoms with Crippen molar-refractivity contribution < 1.29 is 18.3 Å². The zero-order valence-corrected chi connectivity index (χ0v) is 14.0. The third kappa shape index (κ3) is 4.05. The van der Waals surface area contributed by atoms with Crippen molar-refractivity contribution in [3.05, 3.63) is 59.4 Å². The molecule has 1 aromatic carbocycles. The predicted octanol–water partition coefficient (Wildman–Crippen LogP) is 2.11. The van der Waals surface area contributed by atoms with Crippen molar-refractivity contribution in [3.8, 4) is 0 Å². The van der Waals surface area contributed by atoms with E-state index in [1.54, 1.807) is 0 Å². The summed E-state index contributed by atoms with van der Waals surface area (Å²) < 4.78 is 34.2. The Balaban J connectivity index is 1.74. The van der Waals surface area contributed by atoms with Gasteiger partial charge in [-0.3, -0.25) is 9.69 Å². The minimum Gasteiger partial charge on any atom is -0.379 e. The SMILES string of the molecule is Cn1cccc1[C@H](CNC(=O)c1ccc(F)cc1F)N1CCOCC1. The smallest absolute Gasteiger partial charge is 0.254 e. The fourth-order valence-corrected chi connectivity index (χ4v) is 3.09. The molecule has 7 heteroatoms. The van der Waals surface area contributed by atoms with Gasteiger partial charge in [-0.2, -0.15) is 0 Å². The minimum absolute atomic E-state index is 0.0450. The van der Waals surface area contributed by atoms with Crippen LogP contribution in [0.5, 0.6) is 0 Å². The van der Waals surface area contributed by atoms with Crippen LogP contribution in [0.25, 0.3) is 0 Å². The topological polar surface area (TPSA) is 46.5 Å². The van der Waals surface area contributed by atoms with Gasteiger partial charge >= 0.3 is 0 Å². The molecule has 0 bridgehead atoms. The molecule has 1 aliphatic rings. The molecule has 0 spiro atoms. The molecular weight excluding hydrogens is 328 g/mol. The second-order valence-corrected chi connectivity index (χ2v) is 6.04. The van der Waals surface area contributed by atoms with Gasteiger partial charge in [0.2, 0.25) is 0 Å². The normalized spacial score (nSPS) is 16.6. The number of carbonyl (C=O) groups is 1. The molecule has 1 N–H and O–H groups in total. The molecule has 1 aromatic heterocycles. The van der Waals surface area contributed by atoms with Gasteiger partial charge in [0.15, 0.2) is 0 Å². The summed E-state index contributed by atoms with van der Waals surface area (Å²) >= 11 is 0. The van der Waals surface area contributed by atoms with Crippen LogP contribution in [-0.4, -0.2) is 48.2 Å². The van der Waals surface area contributed by atoms with Crippen LogP contribution >= 0.6 is 0 Å². The maximum absolute atomic E-state index is 13.8. The molecule has 0 aliphatic carbocycles. The van der Waals surface area contributed by atoms with E-state index >= 15 is 0 Å². The number of aryl methyl sites for hydroxylation is 1. The highest BCUT2D eigenvalue weighted by Crippen LogP contribution is 2.21. The zero-order chi connectivity index (χ0) is 17.8. The molecule has 1 fully saturated rings. The van der Waals surface area contributed by atoms with Crippen LogP contribution in [0.4, 0.5) is 8.78 Å². The van der Waals surface area contributed by atoms with Crippen LogP contribution in [0.3, 0.4) is 0 Å².